The van der Waals surface area contributed by atoms with Crippen LogP contribution in [0.1, 0.15) is 24.1 Å². The number of carbonyl (C=O) groups is 2. The van der Waals surface area contributed by atoms with Crippen molar-refractivity contribution in [3.05, 3.63) is 48.0 Å². The standard InChI is InChI=1S/C18H20N4O2.2C2HF3O2/c19-9-15-2-1-3-17(20-15)21-16-8-18(24-12-16)5-6-22(13-18)10-14-4-7-23-11-14;2*3-2(4,5)1(6)7/h1-4,7,11,16H,5-6,8,10,12-13H2,(H,20,21);2*(H,6,7). The van der Waals surface area contributed by atoms with Gasteiger partial charge in [-0.15, -0.1) is 0 Å². The van der Waals surface area contributed by atoms with E-state index < -0.39 is 24.3 Å². The van der Waals surface area contributed by atoms with Crippen LogP contribution in [0.5, 0.6) is 0 Å². The van der Waals surface area contributed by atoms with Crippen LogP contribution in [0.2, 0.25) is 0 Å². The third-order valence-electron chi connectivity index (χ3n) is 5.29. The van der Waals surface area contributed by atoms with Crippen LogP contribution in [0.15, 0.2) is 41.2 Å². The molecule has 0 radical (unpaired) electrons. The number of nitrogens with zero attached hydrogens (tertiary/aromatic N) is 3. The predicted molar refractivity (Wildman–Crippen MR) is 116 cm³/mol. The molecule has 0 bridgehead atoms. The smallest absolute Gasteiger partial charge is 0.475 e. The molecule has 2 atom stereocenters. The molecule has 2 aromatic rings. The fraction of sp³-hybridized carbons (Fsp3) is 0.455. The Hall–Kier alpha value is -3.84. The van der Waals surface area contributed by atoms with Crippen LogP contribution < -0.4 is 5.32 Å². The Kier molecular flexibility index (Phi) is 10.1. The van der Waals surface area contributed by atoms with Gasteiger partial charge in [0.2, 0.25) is 0 Å². The SMILES string of the molecule is N#Cc1cccc(NC2COC3(CCN(Cc4ccoc4)C3)C2)n1.O=C(O)C(F)(F)F.O=C(O)C(F)(F)F. The highest BCUT2D eigenvalue weighted by molar-refractivity contribution is 5.73. The maximum absolute atomic E-state index is 10.6. The summed E-state index contributed by atoms with van der Waals surface area (Å²) in [6.07, 6.45) is -4.63. The number of carboxylic acids is 2. The first-order valence-electron chi connectivity index (χ1n) is 10.7. The van der Waals surface area contributed by atoms with E-state index in [1.807, 2.05) is 18.2 Å². The second-order valence-electron chi connectivity index (χ2n) is 8.26. The summed E-state index contributed by atoms with van der Waals surface area (Å²) in [4.78, 5) is 24.5. The first-order chi connectivity index (χ1) is 17.6. The van der Waals surface area contributed by atoms with Crippen molar-refractivity contribution in [2.24, 2.45) is 0 Å². The van der Waals surface area contributed by atoms with Crippen LogP contribution in [-0.4, -0.2) is 75.7 Å². The maximum atomic E-state index is 10.6. The zero-order valence-corrected chi connectivity index (χ0v) is 19.4. The number of furan rings is 1. The Bertz CT molecular complexity index is 1090. The monoisotopic (exact) mass is 552 g/mol. The average Bonchev–Trinajstić information content (AvgIpc) is 3.57. The van der Waals surface area contributed by atoms with Gasteiger partial charge in [-0.1, -0.05) is 6.07 Å². The number of likely N-dealkylation sites (tertiary alicyclic amines) is 1. The minimum absolute atomic E-state index is 0.0613. The Labute approximate surface area is 211 Å². The third kappa shape index (κ3) is 9.56. The Balaban J connectivity index is 0.000000301. The largest absolute Gasteiger partial charge is 0.490 e. The van der Waals surface area contributed by atoms with Crippen molar-refractivity contribution >= 4 is 17.8 Å². The molecule has 208 valence electrons. The van der Waals surface area contributed by atoms with Crippen molar-refractivity contribution in [2.45, 2.75) is 43.4 Å². The number of pyridine rings is 1. The molecule has 4 heterocycles. The highest BCUT2D eigenvalue weighted by Crippen LogP contribution is 2.36. The zero-order valence-electron chi connectivity index (χ0n) is 19.4. The van der Waals surface area contributed by atoms with E-state index in [-0.39, 0.29) is 11.6 Å². The number of alkyl halides is 6. The lowest BCUT2D eigenvalue weighted by molar-refractivity contribution is -0.193. The van der Waals surface area contributed by atoms with E-state index >= 15 is 0 Å². The van der Waals surface area contributed by atoms with Crippen LogP contribution >= 0.6 is 0 Å². The molecule has 1 spiro atoms. The first kappa shape index (κ1) is 30.4. The zero-order chi connectivity index (χ0) is 28.6. The molecule has 2 fully saturated rings. The number of nitriles is 1. The fourth-order valence-corrected chi connectivity index (χ4v) is 3.71. The van der Waals surface area contributed by atoms with Gasteiger partial charge in [0.25, 0.3) is 0 Å². The summed E-state index contributed by atoms with van der Waals surface area (Å²) in [5.74, 6) is -4.77. The number of anilines is 1. The van der Waals surface area contributed by atoms with Gasteiger partial charge in [-0.05, 0) is 24.6 Å². The molecule has 2 aliphatic rings. The molecule has 0 aromatic carbocycles. The highest BCUT2D eigenvalue weighted by atomic mass is 19.4. The highest BCUT2D eigenvalue weighted by Gasteiger charge is 2.45. The molecule has 2 unspecified atom stereocenters. The molecule has 16 heteroatoms. The van der Waals surface area contributed by atoms with E-state index in [0.29, 0.717) is 12.3 Å². The van der Waals surface area contributed by atoms with Crippen molar-refractivity contribution in [1.82, 2.24) is 9.88 Å². The molecule has 2 saturated heterocycles. The minimum atomic E-state index is -5.08. The topological polar surface area (TPSA) is 149 Å². The van der Waals surface area contributed by atoms with Gasteiger partial charge in [0.05, 0.1) is 30.8 Å². The van der Waals surface area contributed by atoms with E-state index in [2.05, 4.69) is 21.3 Å². The fourth-order valence-electron chi connectivity index (χ4n) is 3.71. The predicted octanol–water partition coefficient (Wildman–Crippen LogP) is 3.66. The van der Waals surface area contributed by atoms with Gasteiger partial charge in [0, 0.05) is 31.6 Å². The number of halogens is 6. The summed E-state index contributed by atoms with van der Waals surface area (Å²) in [5.41, 5.74) is 1.58. The summed E-state index contributed by atoms with van der Waals surface area (Å²) >= 11 is 0. The van der Waals surface area contributed by atoms with Crippen molar-refractivity contribution in [1.29, 1.82) is 5.26 Å². The first-order valence-corrected chi connectivity index (χ1v) is 10.7. The van der Waals surface area contributed by atoms with Gasteiger partial charge in [0.1, 0.15) is 17.6 Å². The van der Waals surface area contributed by atoms with Crippen LogP contribution in [0.4, 0.5) is 32.2 Å². The molecule has 0 amide bonds. The van der Waals surface area contributed by atoms with Crippen LogP contribution in [0.25, 0.3) is 0 Å². The van der Waals surface area contributed by atoms with E-state index in [4.69, 9.17) is 34.2 Å². The minimum Gasteiger partial charge on any atom is -0.475 e. The Morgan fingerprint density at radius 1 is 1.16 bits per heavy atom. The van der Waals surface area contributed by atoms with Gasteiger partial charge in [-0.3, -0.25) is 4.90 Å². The van der Waals surface area contributed by atoms with Crippen molar-refractivity contribution in [3.8, 4) is 6.07 Å². The van der Waals surface area contributed by atoms with E-state index in [0.717, 1.165) is 38.3 Å². The van der Waals surface area contributed by atoms with E-state index in [1.165, 1.54) is 5.56 Å². The summed E-state index contributed by atoms with van der Waals surface area (Å²) in [5, 5.41) is 26.6. The van der Waals surface area contributed by atoms with Crippen molar-refractivity contribution in [3.63, 3.8) is 0 Å². The normalized spacial score (nSPS) is 21.0. The lowest BCUT2D eigenvalue weighted by atomic mass is 9.97. The number of carboxylic acid groups (broad SMARTS) is 2. The molecular weight excluding hydrogens is 530 g/mol. The number of hydrogen-bond donors (Lipinski definition) is 3. The molecule has 0 saturated carbocycles. The van der Waals surface area contributed by atoms with Crippen LogP contribution in [-0.2, 0) is 20.9 Å². The molecular formula is C22H22F6N4O6. The number of ether oxygens (including phenoxy) is 1. The van der Waals surface area contributed by atoms with Gasteiger partial charge < -0.3 is 24.7 Å². The maximum Gasteiger partial charge on any atom is 0.490 e. The summed E-state index contributed by atoms with van der Waals surface area (Å²) < 4.78 is 74.8. The van der Waals surface area contributed by atoms with Crippen LogP contribution in [0.3, 0.4) is 0 Å². The average molecular weight is 552 g/mol. The Morgan fingerprint density at radius 2 is 1.79 bits per heavy atom. The summed E-state index contributed by atoms with van der Waals surface area (Å²) in [6, 6.07) is 9.77. The van der Waals surface area contributed by atoms with E-state index in [1.54, 1.807) is 18.6 Å². The van der Waals surface area contributed by atoms with Crippen molar-refractivity contribution < 1.29 is 55.3 Å². The molecule has 0 aliphatic carbocycles. The molecule has 2 aromatic heterocycles. The number of rotatable bonds is 4. The molecule has 10 nitrogen and oxygen atoms in total. The van der Waals surface area contributed by atoms with Gasteiger partial charge in [0.15, 0.2) is 0 Å². The van der Waals surface area contributed by atoms with Gasteiger partial charge in [-0.2, -0.15) is 31.6 Å². The molecule has 4 rings (SSSR count). The second kappa shape index (κ2) is 12.6. The molecule has 3 N–H and O–H groups in total. The summed E-state index contributed by atoms with van der Waals surface area (Å²) in [7, 11) is 0. The van der Waals surface area contributed by atoms with Gasteiger partial charge in [-0.25, -0.2) is 14.6 Å². The lowest BCUT2D eigenvalue weighted by Gasteiger charge is -2.23. The second-order valence-corrected chi connectivity index (χ2v) is 8.26. The van der Waals surface area contributed by atoms with Crippen LogP contribution in [0, 0.1) is 11.3 Å². The quantitative estimate of drug-likeness (QED) is 0.480. The molecule has 38 heavy (non-hydrogen) atoms. The summed E-state index contributed by atoms with van der Waals surface area (Å²) in [6.45, 7) is 3.57. The van der Waals surface area contributed by atoms with Crippen molar-refractivity contribution in [2.75, 3.05) is 25.0 Å². The number of aliphatic carboxylic acids is 2. The van der Waals surface area contributed by atoms with Gasteiger partial charge >= 0.3 is 24.3 Å². The number of hydrogen-bond acceptors (Lipinski definition) is 8. The number of nitrogens with one attached hydrogen (secondary N) is 1. The Morgan fingerprint density at radius 3 is 2.32 bits per heavy atom. The number of aromatic nitrogens is 1. The third-order valence-corrected chi connectivity index (χ3v) is 5.29. The molecule has 2 aliphatic heterocycles. The lowest BCUT2D eigenvalue weighted by Crippen LogP contribution is -2.33. The van der Waals surface area contributed by atoms with E-state index in [9.17, 15) is 26.3 Å².